The van der Waals surface area contributed by atoms with Crippen LogP contribution in [0.3, 0.4) is 0 Å². The van der Waals surface area contributed by atoms with Crippen LogP contribution in [0.4, 0.5) is 0 Å². The van der Waals surface area contributed by atoms with Gasteiger partial charge in [-0.2, -0.15) is 0 Å². The highest BCUT2D eigenvalue weighted by Crippen LogP contribution is 2.07. The van der Waals surface area contributed by atoms with Gasteiger partial charge in [0.2, 0.25) is 0 Å². The molecule has 0 heterocycles. The number of nitrogens with zero attached hydrogens (tertiary/aromatic N) is 1. The van der Waals surface area contributed by atoms with E-state index in [2.05, 4.69) is 32.6 Å². The molecule has 0 amide bonds. The molecule has 0 aliphatic heterocycles. The first-order valence-electron chi connectivity index (χ1n) is 5.39. The summed E-state index contributed by atoms with van der Waals surface area (Å²) in [7, 11) is 0. The third-order valence-electron chi connectivity index (χ3n) is 2.21. The van der Waals surface area contributed by atoms with Crippen molar-refractivity contribution in [1.29, 1.82) is 0 Å². The van der Waals surface area contributed by atoms with Gasteiger partial charge in [0.15, 0.2) is 0 Å². The van der Waals surface area contributed by atoms with Crippen molar-refractivity contribution in [2.45, 2.75) is 40.5 Å². The predicted octanol–water partition coefficient (Wildman–Crippen LogP) is 3.21. The van der Waals surface area contributed by atoms with Crippen LogP contribution in [0.25, 0.3) is 0 Å². The first-order chi connectivity index (χ1) is 6.43. The van der Waals surface area contributed by atoms with Gasteiger partial charge in [0, 0.05) is 13.1 Å². The summed E-state index contributed by atoms with van der Waals surface area (Å²) in [5, 5.41) is 0. The van der Waals surface area contributed by atoms with Crippen molar-refractivity contribution in [1.82, 2.24) is 4.90 Å². The van der Waals surface area contributed by atoms with Gasteiger partial charge in [-0.1, -0.05) is 32.0 Å². The van der Waals surface area contributed by atoms with Crippen LogP contribution in [0.1, 0.15) is 40.5 Å². The van der Waals surface area contributed by atoms with Crippen molar-refractivity contribution in [2.75, 3.05) is 13.1 Å². The molecule has 0 aromatic heterocycles. The van der Waals surface area contributed by atoms with Gasteiger partial charge in [0.1, 0.15) is 0 Å². The van der Waals surface area contributed by atoms with E-state index < -0.39 is 0 Å². The Morgan fingerprint density at radius 2 is 1.43 bits per heavy atom. The lowest BCUT2D eigenvalue weighted by atomic mass is 10.1. The van der Waals surface area contributed by atoms with E-state index in [1.807, 2.05) is 0 Å². The topological polar surface area (TPSA) is 3.24 Å². The SMILES string of the molecule is CC(C)CCN(CCC(C)C)C(=S)[S-]. The maximum absolute atomic E-state index is 5.06. The minimum Gasteiger partial charge on any atom is -0.411 e. The molecule has 3 heteroatoms. The molecule has 0 aromatic rings. The average Bonchev–Trinajstić information content (AvgIpc) is 2.02. The Morgan fingerprint density at radius 3 is 1.64 bits per heavy atom. The molecule has 0 unspecified atom stereocenters. The van der Waals surface area contributed by atoms with Crippen molar-refractivity contribution in [2.24, 2.45) is 11.8 Å². The molecule has 0 aliphatic rings. The Hall–Kier alpha value is 0.110. The summed E-state index contributed by atoms with van der Waals surface area (Å²) in [5.74, 6) is 1.45. The summed E-state index contributed by atoms with van der Waals surface area (Å²) >= 11 is 10.1. The van der Waals surface area contributed by atoms with Crippen molar-refractivity contribution < 1.29 is 0 Å². The Labute approximate surface area is 99.7 Å². The number of hydrogen-bond acceptors (Lipinski definition) is 2. The van der Waals surface area contributed by atoms with E-state index in [9.17, 15) is 0 Å². The van der Waals surface area contributed by atoms with E-state index in [4.69, 9.17) is 24.8 Å². The summed E-state index contributed by atoms with van der Waals surface area (Å²) in [6.07, 6.45) is 2.35. The molecular weight excluding hydrogens is 210 g/mol. The van der Waals surface area contributed by atoms with Gasteiger partial charge >= 0.3 is 0 Å². The van der Waals surface area contributed by atoms with E-state index in [0.29, 0.717) is 4.32 Å². The van der Waals surface area contributed by atoms with Crippen molar-refractivity contribution >= 4 is 29.2 Å². The van der Waals surface area contributed by atoms with Crippen LogP contribution in [-0.2, 0) is 12.6 Å². The predicted molar refractivity (Wildman–Crippen MR) is 70.4 cm³/mol. The Morgan fingerprint density at radius 1 is 1.07 bits per heavy atom. The molecule has 0 saturated carbocycles. The van der Waals surface area contributed by atoms with Crippen molar-refractivity contribution in [3.05, 3.63) is 0 Å². The quantitative estimate of drug-likeness (QED) is 0.511. The highest BCUT2D eigenvalue weighted by molar-refractivity contribution is 8.00. The third-order valence-corrected chi connectivity index (χ3v) is 2.73. The lowest BCUT2D eigenvalue weighted by molar-refractivity contribution is 0.363. The van der Waals surface area contributed by atoms with E-state index in [0.717, 1.165) is 24.9 Å². The molecule has 14 heavy (non-hydrogen) atoms. The fourth-order valence-corrected chi connectivity index (χ4v) is 1.49. The lowest BCUT2D eigenvalue weighted by Crippen LogP contribution is -2.31. The highest BCUT2D eigenvalue weighted by atomic mass is 32.1. The maximum Gasteiger partial charge on any atom is 0.0164 e. The van der Waals surface area contributed by atoms with E-state index in [-0.39, 0.29) is 0 Å². The largest absolute Gasteiger partial charge is 0.411 e. The second kappa shape index (κ2) is 7.41. The summed E-state index contributed by atoms with van der Waals surface area (Å²) < 4.78 is 0.631. The molecular formula is C11H22NS2-. The van der Waals surface area contributed by atoms with Gasteiger partial charge in [0.25, 0.3) is 0 Å². The van der Waals surface area contributed by atoms with Crippen molar-refractivity contribution in [3.63, 3.8) is 0 Å². The van der Waals surface area contributed by atoms with Crippen molar-refractivity contribution in [3.8, 4) is 0 Å². The highest BCUT2D eigenvalue weighted by Gasteiger charge is 2.04. The molecule has 0 saturated heterocycles. The standard InChI is InChI=1S/C11H23NS2/c1-9(2)5-7-12(11(13)14)8-6-10(3)4/h9-10H,5-8H2,1-4H3,(H,13,14)/p-1. The molecule has 0 fully saturated rings. The number of rotatable bonds is 6. The number of thiocarbonyl (C=S) groups is 1. The zero-order chi connectivity index (χ0) is 11.1. The van der Waals surface area contributed by atoms with Crippen LogP contribution in [0, 0.1) is 11.8 Å². The Bertz CT molecular complexity index is 155. The molecule has 84 valence electrons. The summed E-state index contributed by atoms with van der Waals surface area (Å²) in [5.41, 5.74) is 0. The van der Waals surface area contributed by atoms with Crippen LogP contribution < -0.4 is 0 Å². The van der Waals surface area contributed by atoms with Gasteiger partial charge in [-0.25, -0.2) is 0 Å². The molecule has 0 radical (unpaired) electrons. The zero-order valence-corrected chi connectivity index (χ0v) is 11.4. The molecule has 0 aromatic carbocycles. The molecule has 0 N–H and O–H groups in total. The van der Waals surface area contributed by atoms with Gasteiger partial charge in [-0.15, -0.1) is 0 Å². The van der Waals surface area contributed by atoms with E-state index >= 15 is 0 Å². The molecule has 1 nitrogen and oxygen atoms in total. The third kappa shape index (κ3) is 7.51. The van der Waals surface area contributed by atoms with Gasteiger partial charge in [0.05, 0.1) is 0 Å². The molecule has 0 atom stereocenters. The van der Waals surface area contributed by atoms with Gasteiger partial charge < -0.3 is 29.7 Å². The molecule has 0 bridgehead atoms. The van der Waals surface area contributed by atoms with Crippen LogP contribution in [0.5, 0.6) is 0 Å². The fraction of sp³-hybridized carbons (Fsp3) is 0.909. The lowest BCUT2D eigenvalue weighted by Gasteiger charge is -2.29. The molecule has 0 spiro atoms. The van der Waals surface area contributed by atoms with Gasteiger partial charge in [-0.05, 0) is 24.7 Å². The van der Waals surface area contributed by atoms with Gasteiger partial charge in [-0.3, -0.25) is 0 Å². The maximum atomic E-state index is 5.06. The van der Waals surface area contributed by atoms with Crippen LogP contribution in [0.2, 0.25) is 0 Å². The summed E-state index contributed by atoms with van der Waals surface area (Å²) in [6, 6.07) is 0. The minimum atomic E-state index is 0.631. The Kier molecular flexibility index (Phi) is 7.47. The second-order valence-electron chi connectivity index (χ2n) is 4.62. The van der Waals surface area contributed by atoms with E-state index in [1.165, 1.54) is 12.8 Å². The smallest absolute Gasteiger partial charge is 0.0164 e. The Balaban J connectivity index is 3.84. The average molecular weight is 232 g/mol. The van der Waals surface area contributed by atoms with Crippen LogP contribution in [-0.4, -0.2) is 22.3 Å². The first kappa shape index (κ1) is 14.1. The second-order valence-corrected chi connectivity index (χ2v) is 5.65. The van der Waals surface area contributed by atoms with Crippen LogP contribution >= 0.6 is 12.2 Å². The summed E-state index contributed by atoms with van der Waals surface area (Å²) in [4.78, 5) is 2.16. The fourth-order valence-electron chi connectivity index (χ4n) is 1.12. The molecule has 0 aliphatic carbocycles. The normalized spacial score (nSPS) is 11.0. The van der Waals surface area contributed by atoms with Crippen LogP contribution in [0.15, 0.2) is 0 Å². The zero-order valence-electron chi connectivity index (χ0n) is 9.75. The molecule has 0 rings (SSSR count). The van der Waals surface area contributed by atoms with E-state index in [1.54, 1.807) is 0 Å². The summed E-state index contributed by atoms with van der Waals surface area (Å²) in [6.45, 7) is 11.0. The minimum absolute atomic E-state index is 0.631. The first-order valence-corrected chi connectivity index (χ1v) is 6.21. The monoisotopic (exact) mass is 232 g/mol. The number of hydrogen-bond donors (Lipinski definition) is 0.